The predicted molar refractivity (Wildman–Crippen MR) is 52.1 cm³/mol. The number of nitrogens with zero attached hydrogens (tertiary/aromatic N) is 1. The molecule has 0 radical (unpaired) electrons. The van der Waals surface area contributed by atoms with E-state index >= 15 is 0 Å². The van der Waals surface area contributed by atoms with Crippen LogP contribution in [0.1, 0.15) is 6.92 Å². The zero-order valence-electron chi connectivity index (χ0n) is 7.69. The first-order chi connectivity index (χ1) is 6.70. The SMILES string of the molecule is CCOc1cccc(NN)c1[N+](=O)[O-]. The number of nitro benzene ring substituents is 1. The molecule has 6 nitrogen and oxygen atoms in total. The maximum absolute atomic E-state index is 10.7. The second-order valence-electron chi connectivity index (χ2n) is 2.49. The molecule has 0 saturated heterocycles. The Morgan fingerprint density at radius 1 is 1.64 bits per heavy atom. The highest BCUT2D eigenvalue weighted by atomic mass is 16.6. The Morgan fingerprint density at radius 3 is 2.86 bits per heavy atom. The standard InChI is InChI=1S/C8H11N3O3/c1-2-14-7-5-3-4-6(10-9)8(7)11(12)13/h3-5,10H,2,9H2,1H3. The summed E-state index contributed by atoms with van der Waals surface area (Å²) in [6.07, 6.45) is 0. The van der Waals surface area contributed by atoms with Gasteiger partial charge in [-0.3, -0.25) is 16.0 Å². The molecule has 0 aliphatic rings. The van der Waals surface area contributed by atoms with Gasteiger partial charge in [0.2, 0.25) is 0 Å². The van der Waals surface area contributed by atoms with Crippen molar-refractivity contribution in [3.63, 3.8) is 0 Å². The summed E-state index contributed by atoms with van der Waals surface area (Å²) in [5.74, 6) is 5.36. The average Bonchev–Trinajstić information content (AvgIpc) is 2.17. The first-order valence-electron chi connectivity index (χ1n) is 4.07. The van der Waals surface area contributed by atoms with Crippen molar-refractivity contribution in [3.8, 4) is 5.75 Å². The number of nitrogen functional groups attached to an aromatic ring is 1. The van der Waals surface area contributed by atoms with Gasteiger partial charge in [0.05, 0.1) is 11.5 Å². The molecule has 0 fully saturated rings. The fraction of sp³-hybridized carbons (Fsp3) is 0.250. The molecule has 0 spiro atoms. The van der Waals surface area contributed by atoms with Crippen LogP contribution in [0.15, 0.2) is 18.2 Å². The maximum Gasteiger partial charge on any atom is 0.335 e. The molecule has 0 aliphatic heterocycles. The molecule has 3 N–H and O–H groups in total. The van der Waals surface area contributed by atoms with Gasteiger partial charge in [0.25, 0.3) is 0 Å². The predicted octanol–water partition coefficient (Wildman–Crippen LogP) is 1.28. The van der Waals surface area contributed by atoms with E-state index in [0.29, 0.717) is 6.61 Å². The number of anilines is 1. The van der Waals surface area contributed by atoms with Crippen molar-refractivity contribution in [1.82, 2.24) is 0 Å². The summed E-state index contributed by atoms with van der Waals surface area (Å²) in [4.78, 5) is 10.2. The summed E-state index contributed by atoms with van der Waals surface area (Å²) in [6.45, 7) is 2.13. The van der Waals surface area contributed by atoms with Gasteiger partial charge in [-0.2, -0.15) is 0 Å². The number of ether oxygens (including phenoxy) is 1. The van der Waals surface area contributed by atoms with E-state index in [2.05, 4.69) is 5.43 Å². The zero-order valence-corrected chi connectivity index (χ0v) is 7.69. The van der Waals surface area contributed by atoms with Gasteiger partial charge in [-0.25, -0.2) is 0 Å². The highest BCUT2D eigenvalue weighted by Gasteiger charge is 2.19. The molecule has 1 aromatic rings. The Bertz CT molecular complexity index is 341. The number of nitrogens with two attached hydrogens (primary N) is 1. The van der Waals surface area contributed by atoms with Gasteiger partial charge in [-0.15, -0.1) is 0 Å². The topological polar surface area (TPSA) is 90.4 Å². The lowest BCUT2D eigenvalue weighted by atomic mass is 10.2. The van der Waals surface area contributed by atoms with E-state index in [1.165, 1.54) is 12.1 Å². The Labute approximate surface area is 80.8 Å². The third-order valence-electron chi connectivity index (χ3n) is 1.64. The molecule has 14 heavy (non-hydrogen) atoms. The van der Waals surface area contributed by atoms with Crippen LogP contribution in [0.3, 0.4) is 0 Å². The smallest absolute Gasteiger partial charge is 0.335 e. The van der Waals surface area contributed by atoms with Crippen molar-refractivity contribution in [2.45, 2.75) is 6.92 Å². The van der Waals surface area contributed by atoms with Gasteiger partial charge < -0.3 is 10.2 Å². The molecule has 76 valence electrons. The van der Waals surface area contributed by atoms with Gasteiger partial charge in [0.15, 0.2) is 5.75 Å². The summed E-state index contributed by atoms with van der Waals surface area (Å²) in [6, 6.07) is 4.68. The number of hydrogen-bond acceptors (Lipinski definition) is 5. The molecule has 0 unspecified atom stereocenters. The number of hydrazine groups is 1. The molecule has 1 aromatic carbocycles. The van der Waals surface area contributed by atoms with Crippen LogP contribution in [0.2, 0.25) is 0 Å². The Hall–Kier alpha value is -1.82. The van der Waals surface area contributed by atoms with Crippen molar-refractivity contribution >= 4 is 11.4 Å². The summed E-state index contributed by atoms with van der Waals surface area (Å²) < 4.78 is 5.10. The van der Waals surface area contributed by atoms with Crippen molar-refractivity contribution < 1.29 is 9.66 Å². The third kappa shape index (κ3) is 1.91. The molecule has 0 heterocycles. The second kappa shape index (κ2) is 4.43. The molecule has 0 amide bonds. The van der Waals surface area contributed by atoms with E-state index in [1.54, 1.807) is 13.0 Å². The maximum atomic E-state index is 10.7. The Kier molecular flexibility index (Phi) is 3.24. The van der Waals surface area contributed by atoms with Crippen LogP contribution in [-0.4, -0.2) is 11.5 Å². The molecule has 0 saturated carbocycles. The normalized spacial score (nSPS) is 9.57. The molecule has 6 heteroatoms. The average molecular weight is 197 g/mol. The number of nitrogens with one attached hydrogen (secondary N) is 1. The zero-order chi connectivity index (χ0) is 10.6. The lowest BCUT2D eigenvalue weighted by molar-refractivity contribution is -0.384. The molecule has 1 rings (SSSR count). The van der Waals surface area contributed by atoms with Gasteiger partial charge in [0, 0.05) is 0 Å². The van der Waals surface area contributed by atoms with Gasteiger partial charge in [-0.1, -0.05) is 6.07 Å². The highest BCUT2D eigenvalue weighted by molar-refractivity contribution is 5.67. The molecule has 0 aromatic heterocycles. The summed E-state index contributed by atoms with van der Waals surface area (Å²) in [7, 11) is 0. The number of rotatable bonds is 4. The summed E-state index contributed by atoms with van der Waals surface area (Å²) in [5.41, 5.74) is 2.35. The van der Waals surface area contributed by atoms with Crippen LogP contribution in [-0.2, 0) is 0 Å². The minimum atomic E-state index is -0.528. The van der Waals surface area contributed by atoms with E-state index in [-0.39, 0.29) is 17.1 Å². The quantitative estimate of drug-likeness (QED) is 0.431. The first kappa shape index (κ1) is 10.3. The number of hydrogen-bond donors (Lipinski definition) is 2. The molecular weight excluding hydrogens is 186 g/mol. The van der Waals surface area contributed by atoms with Crippen LogP contribution in [0, 0.1) is 10.1 Å². The van der Waals surface area contributed by atoms with Gasteiger partial charge in [0.1, 0.15) is 5.69 Å². The van der Waals surface area contributed by atoms with E-state index in [4.69, 9.17) is 10.6 Å². The van der Waals surface area contributed by atoms with E-state index < -0.39 is 4.92 Å². The lowest BCUT2D eigenvalue weighted by Crippen LogP contribution is -2.10. The van der Waals surface area contributed by atoms with Crippen molar-refractivity contribution in [2.75, 3.05) is 12.0 Å². The van der Waals surface area contributed by atoms with E-state index in [9.17, 15) is 10.1 Å². The lowest BCUT2D eigenvalue weighted by Gasteiger charge is -2.06. The number of benzene rings is 1. The largest absolute Gasteiger partial charge is 0.487 e. The van der Waals surface area contributed by atoms with Crippen LogP contribution in [0.25, 0.3) is 0 Å². The minimum absolute atomic E-state index is 0.142. The minimum Gasteiger partial charge on any atom is -0.487 e. The Balaban J connectivity index is 3.20. The first-order valence-corrected chi connectivity index (χ1v) is 4.07. The Morgan fingerprint density at radius 2 is 2.36 bits per heavy atom. The molecule has 0 atom stereocenters. The van der Waals surface area contributed by atoms with Gasteiger partial charge >= 0.3 is 5.69 Å². The van der Waals surface area contributed by atoms with Gasteiger partial charge in [-0.05, 0) is 19.1 Å². The highest BCUT2D eigenvalue weighted by Crippen LogP contribution is 2.33. The van der Waals surface area contributed by atoms with Crippen molar-refractivity contribution in [1.29, 1.82) is 0 Å². The summed E-state index contributed by atoms with van der Waals surface area (Å²) in [5, 5.41) is 10.7. The number of nitro groups is 1. The van der Waals surface area contributed by atoms with E-state index in [1.807, 2.05) is 0 Å². The van der Waals surface area contributed by atoms with Crippen LogP contribution in [0.4, 0.5) is 11.4 Å². The van der Waals surface area contributed by atoms with Crippen LogP contribution in [0.5, 0.6) is 5.75 Å². The number of para-hydroxylation sites is 1. The fourth-order valence-electron chi connectivity index (χ4n) is 1.10. The van der Waals surface area contributed by atoms with Crippen LogP contribution >= 0.6 is 0 Å². The summed E-state index contributed by atoms with van der Waals surface area (Å²) >= 11 is 0. The van der Waals surface area contributed by atoms with Crippen LogP contribution < -0.4 is 16.0 Å². The fourth-order valence-corrected chi connectivity index (χ4v) is 1.10. The third-order valence-corrected chi connectivity index (χ3v) is 1.64. The molecule has 0 bridgehead atoms. The second-order valence-corrected chi connectivity index (χ2v) is 2.49. The monoisotopic (exact) mass is 197 g/mol. The van der Waals surface area contributed by atoms with Crippen molar-refractivity contribution in [3.05, 3.63) is 28.3 Å². The van der Waals surface area contributed by atoms with Crippen molar-refractivity contribution in [2.24, 2.45) is 5.84 Å². The molecule has 0 aliphatic carbocycles. The van der Waals surface area contributed by atoms with E-state index in [0.717, 1.165) is 0 Å². The molecular formula is C8H11N3O3.